The summed E-state index contributed by atoms with van der Waals surface area (Å²) < 4.78 is 0. The molecule has 2 aromatic carbocycles. The van der Waals surface area contributed by atoms with Gasteiger partial charge in [-0.2, -0.15) is 0 Å². The maximum absolute atomic E-state index is 12.7. The normalized spacial score (nSPS) is 10.9. The zero-order valence-corrected chi connectivity index (χ0v) is 15.7. The second-order valence-corrected chi connectivity index (χ2v) is 7.29. The Bertz CT molecular complexity index is 836. The zero-order valence-electron chi connectivity index (χ0n) is 15.7. The van der Waals surface area contributed by atoms with Gasteiger partial charge in [0.1, 0.15) is 6.54 Å². The molecule has 0 atom stereocenters. The van der Waals surface area contributed by atoms with E-state index in [0.717, 1.165) is 11.1 Å². The highest BCUT2D eigenvalue weighted by Crippen LogP contribution is 2.26. The molecular formula is C21H24N2O4. The molecule has 0 radical (unpaired) electrons. The van der Waals surface area contributed by atoms with Crippen molar-refractivity contribution in [1.29, 1.82) is 0 Å². The Kier molecular flexibility index (Phi) is 6.34. The average Bonchev–Trinajstić information content (AvgIpc) is 2.61. The molecule has 0 saturated carbocycles. The number of aliphatic carboxylic acids is 1. The summed E-state index contributed by atoms with van der Waals surface area (Å²) in [6.45, 7) is 5.77. The molecule has 0 heterocycles. The maximum atomic E-state index is 12.7. The third-order valence-corrected chi connectivity index (χ3v) is 3.99. The van der Waals surface area contributed by atoms with Gasteiger partial charge < -0.3 is 15.7 Å². The van der Waals surface area contributed by atoms with Crippen LogP contribution in [0.1, 0.15) is 42.3 Å². The molecule has 0 saturated heterocycles. The first-order valence-corrected chi connectivity index (χ1v) is 8.65. The van der Waals surface area contributed by atoms with Gasteiger partial charge in [0, 0.05) is 11.3 Å². The number of rotatable bonds is 6. The Balaban J connectivity index is 2.04. The van der Waals surface area contributed by atoms with E-state index in [1.165, 1.54) is 0 Å². The second-order valence-electron chi connectivity index (χ2n) is 7.29. The molecule has 0 aliphatic rings. The number of carboxylic acids is 1. The fraction of sp³-hybridized carbons (Fsp3) is 0.286. The van der Waals surface area contributed by atoms with Crippen LogP contribution in [0.15, 0.2) is 48.5 Å². The molecule has 0 aliphatic carbocycles. The molecule has 27 heavy (non-hydrogen) atoms. The largest absolute Gasteiger partial charge is 0.480 e. The lowest BCUT2D eigenvalue weighted by Crippen LogP contribution is -2.30. The number of anilines is 1. The minimum absolute atomic E-state index is 0.0777. The smallest absolute Gasteiger partial charge is 0.322 e. The number of carbonyl (C=O) groups excluding carboxylic acids is 2. The average molecular weight is 368 g/mol. The Morgan fingerprint density at radius 3 is 2.19 bits per heavy atom. The Morgan fingerprint density at radius 1 is 0.963 bits per heavy atom. The third-order valence-electron chi connectivity index (χ3n) is 3.99. The molecule has 2 amide bonds. The van der Waals surface area contributed by atoms with Crippen molar-refractivity contribution in [3.8, 4) is 0 Å². The van der Waals surface area contributed by atoms with Crippen molar-refractivity contribution in [1.82, 2.24) is 5.32 Å². The van der Waals surface area contributed by atoms with Gasteiger partial charge in [0.2, 0.25) is 5.91 Å². The van der Waals surface area contributed by atoms with E-state index >= 15 is 0 Å². The van der Waals surface area contributed by atoms with Crippen molar-refractivity contribution >= 4 is 23.5 Å². The number of benzene rings is 2. The van der Waals surface area contributed by atoms with Gasteiger partial charge in [-0.1, -0.05) is 51.1 Å². The van der Waals surface area contributed by atoms with Crippen LogP contribution in [0.4, 0.5) is 5.69 Å². The molecule has 0 spiro atoms. The first kappa shape index (κ1) is 20.2. The van der Waals surface area contributed by atoms with Gasteiger partial charge in [-0.25, -0.2) is 0 Å². The van der Waals surface area contributed by atoms with Crippen LogP contribution in [-0.2, 0) is 21.4 Å². The van der Waals surface area contributed by atoms with E-state index in [9.17, 15) is 14.4 Å². The first-order valence-electron chi connectivity index (χ1n) is 8.65. The molecule has 0 aliphatic heterocycles. The van der Waals surface area contributed by atoms with Crippen molar-refractivity contribution in [3.63, 3.8) is 0 Å². The van der Waals surface area contributed by atoms with Gasteiger partial charge in [-0.05, 0) is 34.7 Å². The molecule has 0 bridgehead atoms. The van der Waals surface area contributed by atoms with Gasteiger partial charge in [0.15, 0.2) is 0 Å². The van der Waals surface area contributed by atoms with Crippen LogP contribution < -0.4 is 10.6 Å². The second kappa shape index (κ2) is 8.49. The Morgan fingerprint density at radius 2 is 1.59 bits per heavy atom. The van der Waals surface area contributed by atoms with Crippen molar-refractivity contribution in [2.24, 2.45) is 0 Å². The van der Waals surface area contributed by atoms with Gasteiger partial charge in [-0.15, -0.1) is 0 Å². The highest BCUT2D eigenvalue weighted by molar-refractivity contribution is 6.05. The van der Waals surface area contributed by atoms with Crippen molar-refractivity contribution < 1.29 is 19.5 Å². The van der Waals surface area contributed by atoms with E-state index < -0.39 is 12.5 Å². The van der Waals surface area contributed by atoms with Crippen LogP contribution in [0.25, 0.3) is 0 Å². The van der Waals surface area contributed by atoms with E-state index in [0.29, 0.717) is 11.3 Å². The van der Waals surface area contributed by atoms with Gasteiger partial charge >= 0.3 is 5.97 Å². The molecule has 6 nitrogen and oxygen atoms in total. The number of nitrogens with one attached hydrogen (secondary N) is 2. The maximum Gasteiger partial charge on any atom is 0.322 e. The lowest BCUT2D eigenvalue weighted by atomic mass is 9.83. The molecule has 0 unspecified atom stereocenters. The minimum atomic E-state index is -1.09. The molecule has 2 aromatic rings. The molecule has 0 aromatic heterocycles. The van der Waals surface area contributed by atoms with E-state index in [-0.39, 0.29) is 23.7 Å². The number of hydrogen-bond acceptors (Lipinski definition) is 3. The van der Waals surface area contributed by atoms with E-state index in [1.807, 2.05) is 18.2 Å². The molecule has 6 heteroatoms. The molecule has 3 N–H and O–H groups in total. The van der Waals surface area contributed by atoms with Crippen molar-refractivity contribution in [2.75, 3.05) is 11.9 Å². The highest BCUT2D eigenvalue weighted by atomic mass is 16.4. The number of carboxylic acid groups (broad SMARTS) is 1. The first-order chi connectivity index (χ1) is 12.7. The molecule has 2 rings (SSSR count). The summed E-state index contributed by atoms with van der Waals surface area (Å²) in [5, 5.41) is 13.7. The van der Waals surface area contributed by atoms with Crippen LogP contribution in [-0.4, -0.2) is 29.4 Å². The Labute approximate surface area is 158 Å². The van der Waals surface area contributed by atoms with Gasteiger partial charge in [0.25, 0.3) is 5.91 Å². The summed E-state index contributed by atoms with van der Waals surface area (Å²) in [6, 6.07) is 14.4. The van der Waals surface area contributed by atoms with E-state index in [2.05, 4.69) is 31.4 Å². The van der Waals surface area contributed by atoms with Crippen LogP contribution in [0, 0.1) is 0 Å². The van der Waals surface area contributed by atoms with Gasteiger partial charge in [-0.3, -0.25) is 14.4 Å². The van der Waals surface area contributed by atoms with Crippen molar-refractivity contribution in [3.05, 3.63) is 65.2 Å². The van der Waals surface area contributed by atoms with Crippen molar-refractivity contribution in [2.45, 2.75) is 32.6 Å². The quantitative estimate of drug-likeness (QED) is 0.730. The summed E-state index contributed by atoms with van der Waals surface area (Å²) in [7, 11) is 0. The predicted molar refractivity (Wildman–Crippen MR) is 104 cm³/mol. The summed E-state index contributed by atoms with van der Waals surface area (Å²) in [4.78, 5) is 34.8. The molecular weight excluding hydrogens is 344 g/mol. The third kappa shape index (κ3) is 5.95. The van der Waals surface area contributed by atoms with Crippen LogP contribution in [0.3, 0.4) is 0 Å². The number of amides is 2. The highest BCUT2D eigenvalue weighted by Gasteiger charge is 2.21. The summed E-state index contributed by atoms with van der Waals surface area (Å²) >= 11 is 0. The lowest BCUT2D eigenvalue weighted by molar-refractivity contribution is -0.137. The number of hydrogen-bond donors (Lipinski definition) is 3. The Hall–Kier alpha value is -3.15. The standard InChI is InChI=1S/C21H24N2O4/c1-21(2,3)17-7-5-4-6-16(17)20(27)23-15-10-8-14(9-11-15)12-18(24)22-13-19(25)26/h4-11H,12-13H2,1-3H3,(H,22,24)(H,23,27)(H,25,26). The summed E-state index contributed by atoms with van der Waals surface area (Å²) in [6.07, 6.45) is 0.0777. The van der Waals surface area contributed by atoms with Crippen LogP contribution in [0.2, 0.25) is 0 Å². The van der Waals surface area contributed by atoms with E-state index in [1.54, 1.807) is 30.3 Å². The van der Waals surface area contributed by atoms with Crippen LogP contribution in [0.5, 0.6) is 0 Å². The molecule has 142 valence electrons. The topological polar surface area (TPSA) is 95.5 Å². The lowest BCUT2D eigenvalue weighted by Gasteiger charge is -2.22. The monoisotopic (exact) mass is 368 g/mol. The van der Waals surface area contributed by atoms with E-state index in [4.69, 9.17) is 5.11 Å². The zero-order chi connectivity index (χ0) is 20.0. The fourth-order valence-electron chi connectivity index (χ4n) is 2.66. The SMILES string of the molecule is CC(C)(C)c1ccccc1C(=O)Nc1ccc(CC(=O)NCC(=O)O)cc1. The minimum Gasteiger partial charge on any atom is -0.480 e. The summed E-state index contributed by atoms with van der Waals surface area (Å²) in [5.74, 6) is -1.64. The van der Waals surface area contributed by atoms with Crippen LogP contribution >= 0.6 is 0 Å². The molecule has 0 fully saturated rings. The van der Waals surface area contributed by atoms with Gasteiger partial charge in [0.05, 0.1) is 6.42 Å². The number of carbonyl (C=O) groups is 3. The fourth-order valence-corrected chi connectivity index (χ4v) is 2.66. The predicted octanol–water partition coefficient (Wildman–Crippen LogP) is 2.98. The summed E-state index contributed by atoms with van der Waals surface area (Å²) in [5.41, 5.74) is 2.79.